The largest absolute Gasteiger partial charge is 0.465 e. The summed E-state index contributed by atoms with van der Waals surface area (Å²) in [6.45, 7) is 4.60. The first kappa shape index (κ1) is 19.6. The number of fused-ring (bicyclic) bond motifs is 2. The van der Waals surface area contributed by atoms with E-state index in [2.05, 4.69) is 30.1 Å². The van der Waals surface area contributed by atoms with Crippen LogP contribution in [0.25, 0.3) is 10.8 Å². The van der Waals surface area contributed by atoms with E-state index in [0.717, 1.165) is 34.2 Å². The molecule has 1 saturated heterocycles. The van der Waals surface area contributed by atoms with Gasteiger partial charge in [-0.3, -0.25) is 9.59 Å². The number of hydrogen-bond acceptors (Lipinski definition) is 3. The van der Waals surface area contributed by atoms with Crippen LogP contribution in [-0.2, 0) is 27.2 Å². The first-order chi connectivity index (χ1) is 15.0. The van der Waals surface area contributed by atoms with Crippen molar-refractivity contribution in [3.05, 3.63) is 90.0 Å². The molecule has 4 nitrogen and oxygen atoms in total. The number of nitrogens with one attached hydrogen (secondary N) is 1. The van der Waals surface area contributed by atoms with Gasteiger partial charge >= 0.3 is 5.97 Å². The molecule has 2 unspecified atom stereocenters. The topological polar surface area (TPSA) is 55.4 Å². The van der Waals surface area contributed by atoms with Gasteiger partial charge in [-0.1, -0.05) is 66.7 Å². The summed E-state index contributed by atoms with van der Waals surface area (Å²) in [5.41, 5.74) is 3.50. The number of hydrogen-bond donors (Lipinski definition) is 1. The molecule has 1 saturated carbocycles. The quantitative estimate of drug-likeness (QED) is 0.471. The van der Waals surface area contributed by atoms with Gasteiger partial charge in [0.05, 0.1) is 18.4 Å². The van der Waals surface area contributed by atoms with Gasteiger partial charge in [0.25, 0.3) is 0 Å². The fraction of sp³-hybridized carbons (Fsp3) is 0.259. The Morgan fingerprint density at radius 1 is 1.03 bits per heavy atom. The fourth-order valence-electron chi connectivity index (χ4n) is 5.07. The fourth-order valence-corrected chi connectivity index (χ4v) is 5.07. The van der Waals surface area contributed by atoms with Gasteiger partial charge < -0.3 is 10.1 Å². The van der Waals surface area contributed by atoms with Crippen LogP contribution < -0.4 is 5.32 Å². The Hall–Kier alpha value is -3.40. The summed E-state index contributed by atoms with van der Waals surface area (Å²) in [5, 5.41) is 5.28. The molecule has 1 amide bonds. The highest BCUT2D eigenvalue weighted by Gasteiger charge is 2.55. The predicted molar refractivity (Wildman–Crippen MR) is 122 cm³/mol. The van der Waals surface area contributed by atoms with Crippen LogP contribution >= 0.6 is 0 Å². The monoisotopic (exact) mass is 411 g/mol. The van der Waals surface area contributed by atoms with E-state index >= 15 is 0 Å². The SMILES string of the molecule is C=C1CC2COC(=O)C2(Cc2ccc(NC(=O)Cc3ccc4ccccc4c3)cc2)C1. The van der Waals surface area contributed by atoms with Gasteiger partial charge in [-0.2, -0.15) is 0 Å². The number of rotatable bonds is 5. The van der Waals surface area contributed by atoms with Crippen molar-refractivity contribution in [3.63, 3.8) is 0 Å². The number of carbonyl (C=O) groups excluding carboxylic acids is 2. The molecule has 4 heteroatoms. The molecule has 1 heterocycles. The van der Waals surface area contributed by atoms with Gasteiger partial charge in [0.2, 0.25) is 5.91 Å². The van der Waals surface area contributed by atoms with E-state index in [1.165, 1.54) is 5.39 Å². The summed E-state index contributed by atoms with van der Waals surface area (Å²) >= 11 is 0. The van der Waals surface area contributed by atoms with E-state index in [9.17, 15) is 9.59 Å². The Kier molecular flexibility index (Phi) is 4.85. The Morgan fingerprint density at radius 3 is 2.58 bits per heavy atom. The molecule has 156 valence electrons. The van der Waals surface area contributed by atoms with Gasteiger partial charge in [-0.05, 0) is 53.3 Å². The van der Waals surface area contributed by atoms with Crippen LogP contribution in [0.15, 0.2) is 78.9 Å². The highest BCUT2D eigenvalue weighted by molar-refractivity contribution is 5.93. The highest BCUT2D eigenvalue weighted by atomic mass is 16.5. The van der Waals surface area contributed by atoms with Crippen LogP contribution in [0, 0.1) is 11.3 Å². The second kappa shape index (κ2) is 7.69. The van der Waals surface area contributed by atoms with Crippen molar-refractivity contribution in [1.82, 2.24) is 0 Å². The van der Waals surface area contributed by atoms with Crippen LogP contribution in [0.5, 0.6) is 0 Å². The number of amides is 1. The summed E-state index contributed by atoms with van der Waals surface area (Å²) in [7, 11) is 0. The van der Waals surface area contributed by atoms with Crippen molar-refractivity contribution in [2.45, 2.75) is 25.7 Å². The Morgan fingerprint density at radius 2 is 1.77 bits per heavy atom. The molecule has 3 aromatic rings. The second-order valence-corrected chi connectivity index (χ2v) is 8.86. The molecule has 2 fully saturated rings. The number of carbonyl (C=O) groups is 2. The first-order valence-electron chi connectivity index (χ1n) is 10.7. The maximum atomic E-state index is 12.5. The first-order valence-corrected chi connectivity index (χ1v) is 10.7. The lowest BCUT2D eigenvalue weighted by molar-refractivity contribution is -0.146. The van der Waals surface area contributed by atoms with Gasteiger partial charge in [-0.15, -0.1) is 0 Å². The summed E-state index contributed by atoms with van der Waals surface area (Å²) in [4.78, 5) is 25.0. The highest BCUT2D eigenvalue weighted by Crippen LogP contribution is 2.52. The molecule has 31 heavy (non-hydrogen) atoms. The third-order valence-corrected chi connectivity index (χ3v) is 6.64. The molecular formula is C27H25NO3. The third-order valence-electron chi connectivity index (χ3n) is 6.64. The van der Waals surface area contributed by atoms with E-state index in [1.54, 1.807) is 0 Å². The number of anilines is 1. The molecule has 1 aliphatic heterocycles. The number of ether oxygens (including phenoxy) is 1. The normalized spacial score (nSPS) is 22.4. The summed E-state index contributed by atoms with van der Waals surface area (Å²) < 4.78 is 5.37. The Bertz CT molecular complexity index is 1180. The van der Waals surface area contributed by atoms with E-state index < -0.39 is 5.41 Å². The summed E-state index contributed by atoms with van der Waals surface area (Å²) in [6, 6.07) is 22.0. The number of esters is 1. The second-order valence-electron chi connectivity index (χ2n) is 8.86. The van der Waals surface area contributed by atoms with Crippen LogP contribution in [-0.4, -0.2) is 18.5 Å². The molecule has 2 aliphatic rings. The lowest BCUT2D eigenvalue weighted by Crippen LogP contribution is -2.31. The molecule has 0 aromatic heterocycles. The van der Waals surface area contributed by atoms with Crippen molar-refractivity contribution < 1.29 is 14.3 Å². The minimum absolute atomic E-state index is 0.0480. The molecule has 0 bridgehead atoms. The molecule has 3 aromatic carbocycles. The van der Waals surface area contributed by atoms with Crippen molar-refractivity contribution in [1.29, 1.82) is 0 Å². The molecule has 1 N–H and O–H groups in total. The van der Waals surface area contributed by atoms with E-state index in [0.29, 0.717) is 25.9 Å². The van der Waals surface area contributed by atoms with Gasteiger partial charge in [0.1, 0.15) is 0 Å². The van der Waals surface area contributed by atoms with E-state index in [4.69, 9.17) is 4.74 Å². The maximum absolute atomic E-state index is 12.5. The van der Waals surface area contributed by atoms with Crippen LogP contribution in [0.4, 0.5) is 5.69 Å². The Balaban J connectivity index is 1.24. The molecule has 1 aliphatic carbocycles. The van der Waals surface area contributed by atoms with Crippen molar-refractivity contribution >= 4 is 28.3 Å². The van der Waals surface area contributed by atoms with Crippen LogP contribution in [0.3, 0.4) is 0 Å². The molecule has 0 spiro atoms. The lowest BCUT2D eigenvalue weighted by atomic mass is 9.75. The zero-order valence-corrected chi connectivity index (χ0v) is 17.4. The molecule has 0 radical (unpaired) electrons. The van der Waals surface area contributed by atoms with Gasteiger partial charge in [-0.25, -0.2) is 0 Å². The number of allylic oxidation sites excluding steroid dienone is 1. The average Bonchev–Trinajstić information content (AvgIpc) is 3.23. The standard InChI is InChI=1S/C27H25NO3/c1-18-12-23-17-31-26(30)27(23,15-18)16-19-7-10-24(11-8-19)28-25(29)14-20-6-9-21-4-2-3-5-22(21)13-20/h2-11,13,23H,1,12,14-17H2,(H,28,29). The summed E-state index contributed by atoms with van der Waals surface area (Å²) in [5.74, 6) is 0.0888. The Labute approximate surface area is 181 Å². The minimum Gasteiger partial charge on any atom is -0.465 e. The van der Waals surface area contributed by atoms with Crippen molar-refractivity contribution in [2.75, 3.05) is 11.9 Å². The average molecular weight is 412 g/mol. The number of benzene rings is 3. The predicted octanol–water partition coefficient (Wildman–Crippen LogP) is 5.07. The van der Waals surface area contributed by atoms with Crippen molar-refractivity contribution in [2.24, 2.45) is 11.3 Å². The zero-order valence-electron chi connectivity index (χ0n) is 17.4. The molecule has 5 rings (SSSR count). The smallest absolute Gasteiger partial charge is 0.313 e. The molecule has 2 atom stereocenters. The van der Waals surface area contributed by atoms with E-state index in [1.807, 2.05) is 48.5 Å². The minimum atomic E-state index is -0.460. The zero-order chi connectivity index (χ0) is 21.4. The lowest BCUT2D eigenvalue weighted by Gasteiger charge is -2.24. The van der Waals surface area contributed by atoms with E-state index in [-0.39, 0.29) is 17.8 Å². The summed E-state index contributed by atoms with van der Waals surface area (Å²) in [6.07, 6.45) is 2.56. The third kappa shape index (κ3) is 3.74. The van der Waals surface area contributed by atoms with Gasteiger partial charge in [0, 0.05) is 11.6 Å². The maximum Gasteiger partial charge on any atom is 0.313 e. The van der Waals surface area contributed by atoms with Crippen LogP contribution in [0.2, 0.25) is 0 Å². The van der Waals surface area contributed by atoms with Crippen molar-refractivity contribution in [3.8, 4) is 0 Å². The number of cyclic esters (lactones) is 1. The molecular weight excluding hydrogens is 386 g/mol. The van der Waals surface area contributed by atoms with Crippen LogP contribution in [0.1, 0.15) is 24.0 Å². The van der Waals surface area contributed by atoms with Gasteiger partial charge in [0.15, 0.2) is 0 Å².